The lowest BCUT2D eigenvalue weighted by Crippen LogP contribution is -2.59. The summed E-state index contributed by atoms with van der Waals surface area (Å²) in [4.78, 5) is 77.9. The minimum atomic E-state index is -1.03. The van der Waals surface area contributed by atoms with E-state index in [2.05, 4.69) is 10.6 Å². The summed E-state index contributed by atoms with van der Waals surface area (Å²) in [5.41, 5.74) is 5.10. The maximum atomic E-state index is 13.5. The van der Waals surface area contributed by atoms with Crippen molar-refractivity contribution in [2.75, 3.05) is 20.6 Å². The normalized spacial score (nSPS) is 14.3. The van der Waals surface area contributed by atoms with Gasteiger partial charge in [-0.3, -0.25) is 29.3 Å². The van der Waals surface area contributed by atoms with Crippen LogP contribution < -0.4 is 21.7 Å². The van der Waals surface area contributed by atoms with Gasteiger partial charge in [-0.15, -0.1) is 0 Å². The van der Waals surface area contributed by atoms with Crippen molar-refractivity contribution in [2.24, 2.45) is 23.5 Å². The van der Waals surface area contributed by atoms with Gasteiger partial charge in [0.2, 0.25) is 23.6 Å². The highest BCUT2D eigenvalue weighted by Crippen LogP contribution is 2.17. The number of hydrogen-bond donors (Lipinski definition) is 5. The van der Waals surface area contributed by atoms with Gasteiger partial charge in [0.1, 0.15) is 18.1 Å². The van der Waals surface area contributed by atoms with E-state index in [0.29, 0.717) is 6.42 Å². The molecule has 0 heterocycles. The number of nitrogens with two attached hydrogens (primary N) is 1. The second kappa shape index (κ2) is 16.7. The van der Waals surface area contributed by atoms with Crippen LogP contribution in [0.25, 0.3) is 0 Å². The summed E-state index contributed by atoms with van der Waals surface area (Å²) in [6.45, 7) is 12.1. The zero-order chi connectivity index (χ0) is 30.6. The number of carbonyl (C=O) groups is 6. The van der Waals surface area contributed by atoms with Gasteiger partial charge in [-0.25, -0.2) is 4.79 Å². The molecular weight excluding hydrogens is 508 g/mol. The van der Waals surface area contributed by atoms with E-state index in [1.54, 1.807) is 13.8 Å². The highest BCUT2D eigenvalue weighted by Gasteiger charge is 2.36. The number of aliphatic hydroxyl groups excluding tert-OH is 1. The van der Waals surface area contributed by atoms with Crippen LogP contribution in [0, 0.1) is 17.8 Å². The SMILES string of the molecule is CC(C)C[C@@H](C(=O)N[C@H](C(=O)N(C)[C@@H](CC(C)C)C(=O)NC(N)=O)C(C)C)N(C)C(=O)CNC(=O)C[C@@H](C)O. The van der Waals surface area contributed by atoms with Gasteiger partial charge in [0, 0.05) is 14.1 Å². The quantitative estimate of drug-likeness (QED) is 0.187. The number of rotatable bonds is 15. The van der Waals surface area contributed by atoms with Crippen molar-refractivity contribution >= 4 is 35.6 Å². The smallest absolute Gasteiger partial charge is 0.318 e. The number of hydrogen-bond acceptors (Lipinski definition) is 7. The third-order valence-corrected chi connectivity index (χ3v) is 6.07. The molecule has 0 aliphatic carbocycles. The fraction of sp³-hybridized carbons (Fsp3) is 0.769. The zero-order valence-corrected chi connectivity index (χ0v) is 24.7. The van der Waals surface area contributed by atoms with Crippen molar-refractivity contribution in [2.45, 2.75) is 92.0 Å². The summed E-state index contributed by atoms with van der Waals surface area (Å²) >= 11 is 0. The molecule has 0 saturated heterocycles. The van der Waals surface area contributed by atoms with Crippen molar-refractivity contribution in [3.63, 3.8) is 0 Å². The Bertz CT molecular complexity index is 875. The summed E-state index contributed by atoms with van der Waals surface area (Å²) in [5, 5.41) is 16.5. The molecule has 0 aromatic carbocycles. The fourth-order valence-corrected chi connectivity index (χ4v) is 3.93. The third kappa shape index (κ3) is 12.9. The lowest BCUT2D eigenvalue weighted by Gasteiger charge is -2.35. The van der Waals surface area contributed by atoms with Gasteiger partial charge >= 0.3 is 6.03 Å². The molecule has 39 heavy (non-hydrogen) atoms. The molecule has 224 valence electrons. The van der Waals surface area contributed by atoms with Gasteiger partial charge in [-0.1, -0.05) is 41.5 Å². The van der Waals surface area contributed by atoms with Crippen LogP contribution >= 0.6 is 0 Å². The maximum absolute atomic E-state index is 13.5. The lowest BCUT2D eigenvalue weighted by molar-refractivity contribution is -0.145. The Morgan fingerprint density at radius 3 is 1.69 bits per heavy atom. The molecule has 0 unspecified atom stereocenters. The Labute approximate surface area is 231 Å². The van der Waals surface area contributed by atoms with E-state index in [9.17, 15) is 33.9 Å². The number of urea groups is 1. The largest absolute Gasteiger partial charge is 0.393 e. The van der Waals surface area contributed by atoms with Gasteiger partial charge in [0.05, 0.1) is 19.1 Å². The number of primary amides is 1. The van der Waals surface area contributed by atoms with E-state index in [-0.39, 0.29) is 37.1 Å². The molecule has 0 bridgehead atoms. The van der Waals surface area contributed by atoms with E-state index in [1.807, 2.05) is 33.0 Å². The molecule has 0 rings (SSSR count). The lowest BCUT2D eigenvalue weighted by atomic mass is 9.97. The minimum absolute atomic E-state index is 0.00660. The molecular formula is C26H48N6O7. The summed E-state index contributed by atoms with van der Waals surface area (Å²) in [6, 6.07) is -3.99. The van der Waals surface area contributed by atoms with Gasteiger partial charge in [-0.2, -0.15) is 0 Å². The number of amides is 7. The summed E-state index contributed by atoms with van der Waals surface area (Å²) in [7, 11) is 2.87. The van der Waals surface area contributed by atoms with Crippen LogP contribution in [0.1, 0.15) is 67.7 Å². The first-order chi connectivity index (χ1) is 17.9. The Hall–Kier alpha value is -3.22. The van der Waals surface area contributed by atoms with Gasteiger partial charge in [-0.05, 0) is 37.5 Å². The van der Waals surface area contributed by atoms with Crippen LogP contribution in [0.5, 0.6) is 0 Å². The van der Waals surface area contributed by atoms with Crippen molar-refractivity contribution in [3.8, 4) is 0 Å². The predicted molar refractivity (Wildman–Crippen MR) is 146 cm³/mol. The van der Waals surface area contributed by atoms with Crippen LogP contribution in [0.15, 0.2) is 0 Å². The molecule has 0 aliphatic rings. The Morgan fingerprint density at radius 2 is 1.28 bits per heavy atom. The van der Waals surface area contributed by atoms with Gasteiger partial charge in [0.15, 0.2) is 0 Å². The van der Waals surface area contributed by atoms with E-state index in [1.165, 1.54) is 30.8 Å². The minimum Gasteiger partial charge on any atom is -0.393 e. The van der Waals surface area contributed by atoms with Crippen molar-refractivity contribution in [3.05, 3.63) is 0 Å². The van der Waals surface area contributed by atoms with Crippen molar-refractivity contribution in [1.82, 2.24) is 25.8 Å². The van der Waals surface area contributed by atoms with Crippen LogP contribution in [0.3, 0.4) is 0 Å². The molecule has 6 N–H and O–H groups in total. The molecule has 7 amide bonds. The first-order valence-corrected chi connectivity index (χ1v) is 13.3. The molecule has 0 radical (unpaired) electrons. The van der Waals surface area contributed by atoms with Crippen LogP contribution in [-0.4, -0.2) is 95.3 Å². The molecule has 0 aromatic rings. The van der Waals surface area contributed by atoms with Crippen LogP contribution in [0.2, 0.25) is 0 Å². The van der Waals surface area contributed by atoms with Gasteiger partial charge in [0.25, 0.3) is 5.91 Å². The second-order valence-electron chi connectivity index (χ2n) is 11.2. The average molecular weight is 557 g/mol. The van der Waals surface area contributed by atoms with Crippen LogP contribution in [-0.2, 0) is 24.0 Å². The number of aliphatic hydroxyl groups is 1. The summed E-state index contributed by atoms with van der Waals surface area (Å²) in [6.07, 6.45) is -0.466. The number of likely N-dealkylation sites (N-methyl/N-ethyl adjacent to an activating group) is 2. The Balaban J connectivity index is 5.83. The molecule has 4 atom stereocenters. The van der Waals surface area contributed by atoms with E-state index < -0.39 is 59.8 Å². The van der Waals surface area contributed by atoms with E-state index in [4.69, 9.17) is 5.73 Å². The third-order valence-electron chi connectivity index (χ3n) is 6.07. The second-order valence-corrected chi connectivity index (χ2v) is 11.2. The van der Waals surface area contributed by atoms with Gasteiger partial charge < -0.3 is 31.3 Å². The van der Waals surface area contributed by atoms with Crippen LogP contribution in [0.4, 0.5) is 4.79 Å². The average Bonchev–Trinajstić information content (AvgIpc) is 2.79. The fourth-order valence-electron chi connectivity index (χ4n) is 3.93. The molecule has 13 heteroatoms. The number of carbonyl (C=O) groups excluding carboxylic acids is 6. The predicted octanol–water partition coefficient (Wildman–Crippen LogP) is -0.0446. The maximum Gasteiger partial charge on any atom is 0.318 e. The monoisotopic (exact) mass is 556 g/mol. The zero-order valence-electron chi connectivity index (χ0n) is 24.7. The molecule has 0 aromatic heterocycles. The van der Waals surface area contributed by atoms with E-state index in [0.717, 1.165) is 0 Å². The molecule has 0 spiro atoms. The highest BCUT2D eigenvalue weighted by molar-refractivity contribution is 5.99. The highest BCUT2D eigenvalue weighted by atomic mass is 16.3. The summed E-state index contributed by atoms with van der Waals surface area (Å²) < 4.78 is 0. The van der Waals surface area contributed by atoms with Crippen molar-refractivity contribution < 1.29 is 33.9 Å². The Morgan fingerprint density at radius 1 is 0.795 bits per heavy atom. The summed E-state index contributed by atoms with van der Waals surface area (Å²) in [5.74, 6) is -3.18. The molecule has 0 fully saturated rings. The molecule has 0 saturated carbocycles. The Kier molecular flexibility index (Phi) is 15.3. The standard InChI is InChI=1S/C26H48N6O7/c1-14(2)10-18(31(8)21(35)13-28-20(34)12-17(7)33)23(36)29-22(16(5)6)25(38)32(9)19(11-15(3)4)24(37)30-26(27)39/h14-19,22,33H,10-13H2,1-9H3,(H,28,34)(H,29,36)(H3,27,30,37,39)/t17-,18+,19+,22+/m1/s1. The topological polar surface area (TPSA) is 191 Å². The van der Waals surface area contributed by atoms with E-state index >= 15 is 0 Å². The number of nitrogens with zero attached hydrogens (tertiary/aromatic N) is 2. The first-order valence-electron chi connectivity index (χ1n) is 13.3. The first kappa shape index (κ1) is 35.8. The number of nitrogens with one attached hydrogen (secondary N) is 3. The van der Waals surface area contributed by atoms with Crippen molar-refractivity contribution in [1.29, 1.82) is 0 Å². The molecule has 13 nitrogen and oxygen atoms in total. The number of imide groups is 1. The molecule has 0 aliphatic heterocycles.